The molecule has 274 valence electrons. The summed E-state index contributed by atoms with van der Waals surface area (Å²) in [4.78, 5) is 0. The van der Waals surface area contributed by atoms with E-state index >= 15 is 0 Å². The molecule has 0 aliphatic carbocycles. The second-order valence-corrected chi connectivity index (χ2v) is 14.3. The zero-order valence-corrected chi connectivity index (χ0v) is 30.7. The number of para-hydroxylation sites is 3. The van der Waals surface area contributed by atoms with E-state index in [2.05, 4.69) is 130 Å². The Morgan fingerprint density at radius 2 is 0.931 bits per heavy atom. The fourth-order valence-electron chi connectivity index (χ4n) is 8.42. The van der Waals surface area contributed by atoms with Gasteiger partial charge >= 0.3 is 6.18 Å². The van der Waals surface area contributed by atoms with Gasteiger partial charge in [-0.15, -0.1) is 0 Å². The van der Waals surface area contributed by atoms with Gasteiger partial charge in [-0.05, 0) is 89.5 Å². The van der Waals surface area contributed by atoms with Crippen LogP contribution in [0.2, 0.25) is 0 Å². The van der Waals surface area contributed by atoms with Crippen molar-refractivity contribution >= 4 is 43.6 Å². The van der Waals surface area contributed by atoms with E-state index in [9.17, 15) is 23.7 Å². The van der Waals surface area contributed by atoms with Gasteiger partial charge < -0.3 is 9.13 Å². The average Bonchev–Trinajstić information content (AvgIpc) is 3.78. The number of fused-ring (bicyclic) bond motifs is 6. The topological polar surface area (TPSA) is 57.4 Å². The minimum Gasteiger partial charge on any atom is -0.309 e. The first-order chi connectivity index (χ1) is 28.3. The highest BCUT2D eigenvalue weighted by molar-refractivity contribution is 6.12. The first-order valence-corrected chi connectivity index (χ1v) is 18.7. The molecule has 0 spiro atoms. The van der Waals surface area contributed by atoms with Crippen LogP contribution in [0.1, 0.15) is 16.7 Å². The summed E-state index contributed by atoms with van der Waals surface area (Å²) in [5.41, 5.74) is 9.98. The molecule has 10 rings (SSSR count). The molecule has 0 saturated heterocycles. The molecule has 58 heavy (non-hydrogen) atoms. The molecule has 0 radical (unpaired) electrons. The smallest absolute Gasteiger partial charge is 0.309 e. The highest BCUT2D eigenvalue weighted by Crippen LogP contribution is 2.42. The van der Waals surface area contributed by atoms with Crippen molar-refractivity contribution in [1.29, 1.82) is 10.5 Å². The largest absolute Gasteiger partial charge is 0.416 e. The maximum Gasteiger partial charge on any atom is 0.416 e. The summed E-state index contributed by atoms with van der Waals surface area (Å²) < 4.78 is 45.5. The molecule has 0 aliphatic rings. The van der Waals surface area contributed by atoms with E-state index in [0.717, 1.165) is 72.9 Å². The third-order valence-corrected chi connectivity index (χ3v) is 11.0. The van der Waals surface area contributed by atoms with Crippen molar-refractivity contribution in [2.24, 2.45) is 0 Å². The molecule has 0 fully saturated rings. The Kier molecular flexibility index (Phi) is 8.00. The fourth-order valence-corrected chi connectivity index (χ4v) is 8.42. The van der Waals surface area contributed by atoms with E-state index in [-0.39, 0.29) is 5.56 Å². The first kappa shape index (κ1) is 34.6. The lowest BCUT2D eigenvalue weighted by atomic mass is 9.95. The van der Waals surface area contributed by atoms with Crippen molar-refractivity contribution in [1.82, 2.24) is 9.13 Å². The first-order valence-electron chi connectivity index (χ1n) is 18.7. The number of hydrogen-bond donors (Lipinski definition) is 0. The van der Waals surface area contributed by atoms with Crippen LogP contribution < -0.4 is 0 Å². The molecule has 0 saturated carbocycles. The zero-order chi connectivity index (χ0) is 39.5. The number of alkyl halides is 3. The van der Waals surface area contributed by atoms with Gasteiger partial charge in [-0.2, -0.15) is 23.7 Å². The van der Waals surface area contributed by atoms with Crippen LogP contribution in [0.4, 0.5) is 13.2 Å². The monoisotopic (exact) mass is 754 g/mol. The van der Waals surface area contributed by atoms with Crippen LogP contribution in [-0.4, -0.2) is 9.13 Å². The highest BCUT2D eigenvalue weighted by Gasteiger charge is 2.31. The van der Waals surface area contributed by atoms with Crippen LogP contribution >= 0.6 is 0 Å². The predicted molar refractivity (Wildman–Crippen MR) is 226 cm³/mol. The maximum absolute atomic E-state index is 13.7. The molecular formula is C51H29F3N4. The zero-order valence-electron chi connectivity index (χ0n) is 30.7. The van der Waals surface area contributed by atoms with Crippen LogP contribution in [0.3, 0.4) is 0 Å². The number of aromatic nitrogens is 2. The van der Waals surface area contributed by atoms with Gasteiger partial charge in [0, 0.05) is 38.2 Å². The van der Waals surface area contributed by atoms with Gasteiger partial charge in [0.15, 0.2) is 0 Å². The molecule has 0 N–H and O–H groups in total. The van der Waals surface area contributed by atoms with Crippen molar-refractivity contribution in [3.05, 3.63) is 193 Å². The minimum atomic E-state index is -4.61. The Morgan fingerprint density at radius 3 is 1.55 bits per heavy atom. The van der Waals surface area contributed by atoms with Gasteiger partial charge in [0.05, 0.1) is 62.3 Å². The lowest BCUT2D eigenvalue weighted by Gasteiger charge is -2.17. The SMILES string of the molecule is N#Cc1ccc(-n2c3ccccc3c3cc(-c4ccc(-n5c6ccccc6c6ccccc65)c(-c5ccccc5)c4)ccc32)c(-c2ccc(C(F)(F)F)cc2C#N)c1. The number of halogens is 3. The van der Waals surface area contributed by atoms with E-state index in [1.807, 2.05) is 30.3 Å². The predicted octanol–water partition coefficient (Wildman–Crippen LogP) is 13.6. The molecule has 10 aromatic rings. The molecule has 0 aliphatic heterocycles. The van der Waals surface area contributed by atoms with Gasteiger partial charge in [-0.3, -0.25) is 0 Å². The van der Waals surface area contributed by atoms with Crippen molar-refractivity contribution in [3.63, 3.8) is 0 Å². The van der Waals surface area contributed by atoms with Crippen LogP contribution in [0, 0.1) is 22.7 Å². The quantitative estimate of drug-likeness (QED) is 0.176. The van der Waals surface area contributed by atoms with Gasteiger partial charge in [-0.25, -0.2) is 0 Å². The van der Waals surface area contributed by atoms with E-state index in [1.54, 1.807) is 18.2 Å². The maximum atomic E-state index is 13.7. The summed E-state index contributed by atoms with van der Waals surface area (Å²) in [5, 5.41) is 24.3. The molecule has 0 unspecified atom stereocenters. The molecule has 0 atom stereocenters. The van der Waals surface area contributed by atoms with Crippen LogP contribution in [0.25, 0.3) is 88.4 Å². The standard InChI is InChI=1S/C51H29F3N4/c52-51(53,54)37-21-22-38(36(27-37)31-56)43-26-32(30-55)18-23-49(43)58-47-17-9-6-14-41(47)44-29-35(20-25-50(44)58)34-19-24-48(42(28-34)33-10-2-1-3-11-33)57-45-15-7-4-12-39(45)40-13-5-8-16-46(40)57/h1-29H. The van der Waals surface area contributed by atoms with Crippen LogP contribution in [0.5, 0.6) is 0 Å². The Hall–Kier alpha value is -7.87. The number of benzene rings is 8. The molecule has 0 amide bonds. The lowest BCUT2D eigenvalue weighted by molar-refractivity contribution is -0.137. The van der Waals surface area contributed by atoms with Crippen LogP contribution in [-0.2, 0) is 6.18 Å². The lowest BCUT2D eigenvalue weighted by Crippen LogP contribution is -2.06. The normalized spacial score (nSPS) is 11.7. The molecule has 8 aromatic carbocycles. The van der Waals surface area contributed by atoms with Gasteiger partial charge in [0.25, 0.3) is 0 Å². The van der Waals surface area contributed by atoms with E-state index in [4.69, 9.17) is 0 Å². The van der Waals surface area contributed by atoms with Crippen molar-refractivity contribution in [3.8, 4) is 56.9 Å². The highest BCUT2D eigenvalue weighted by atomic mass is 19.4. The minimum absolute atomic E-state index is 0.132. The van der Waals surface area contributed by atoms with Gasteiger partial charge in [0.2, 0.25) is 0 Å². The van der Waals surface area contributed by atoms with Crippen molar-refractivity contribution < 1.29 is 13.2 Å². The summed E-state index contributed by atoms with van der Waals surface area (Å²) >= 11 is 0. The third kappa shape index (κ3) is 5.52. The van der Waals surface area contributed by atoms with Gasteiger partial charge in [-0.1, -0.05) is 103 Å². The summed E-state index contributed by atoms with van der Waals surface area (Å²) in [6.07, 6.45) is -4.61. The molecule has 7 heteroatoms. The fraction of sp³-hybridized carbons (Fsp3) is 0.0196. The summed E-state index contributed by atoms with van der Waals surface area (Å²) in [6.45, 7) is 0. The number of hydrogen-bond acceptors (Lipinski definition) is 2. The van der Waals surface area contributed by atoms with Crippen LogP contribution in [0.15, 0.2) is 176 Å². The molecule has 2 heterocycles. The Balaban J connectivity index is 1.18. The van der Waals surface area contributed by atoms with E-state index in [1.165, 1.54) is 16.8 Å². The summed E-state index contributed by atoms with van der Waals surface area (Å²) in [6, 6.07) is 60.7. The van der Waals surface area contributed by atoms with E-state index < -0.39 is 11.7 Å². The number of nitriles is 2. The molecule has 2 aromatic heterocycles. The Morgan fingerprint density at radius 1 is 0.397 bits per heavy atom. The Bertz CT molecular complexity index is 3300. The van der Waals surface area contributed by atoms with Crippen molar-refractivity contribution in [2.45, 2.75) is 6.18 Å². The van der Waals surface area contributed by atoms with E-state index in [0.29, 0.717) is 22.4 Å². The number of nitrogens with zero attached hydrogens (tertiary/aromatic N) is 4. The second-order valence-electron chi connectivity index (χ2n) is 14.3. The summed E-state index contributed by atoms with van der Waals surface area (Å²) in [7, 11) is 0. The van der Waals surface area contributed by atoms with Crippen molar-refractivity contribution in [2.75, 3.05) is 0 Å². The molecular weight excluding hydrogens is 726 g/mol. The Labute approximate surface area is 331 Å². The molecule has 4 nitrogen and oxygen atoms in total. The molecule has 0 bridgehead atoms. The van der Waals surface area contributed by atoms with Gasteiger partial charge in [0.1, 0.15) is 0 Å². The third-order valence-electron chi connectivity index (χ3n) is 11.0. The number of rotatable bonds is 5. The summed E-state index contributed by atoms with van der Waals surface area (Å²) in [5.74, 6) is 0. The second kappa shape index (κ2) is 13.4. The average molecular weight is 755 g/mol.